The highest BCUT2D eigenvalue weighted by atomic mass is 19.1. The van der Waals surface area contributed by atoms with Gasteiger partial charge in [0, 0.05) is 50.6 Å². The number of halogens is 1. The van der Waals surface area contributed by atoms with Crippen molar-refractivity contribution in [1.29, 1.82) is 0 Å². The average molecular weight is 486 g/mol. The minimum atomic E-state index is -0.290. The maximum absolute atomic E-state index is 15.1. The Balaban J connectivity index is 0.00000214. The molecule has 1 aromatic rings. The second-order valence-electron chi connectivity index (χ2n) is 7.97. The third-order valence-electron chi connectivity index (χ3n) is 5.06. The number of rotatable bonds is 8. The zero-order valence-corrected chi connectivity index (χ0v) is 23.4. The molecule has 0 atom stereocenters. The third kappa shape index (κ3) is 11.1. The first-order chi connectivity index (χ1) is 17.0. The molecule has 1 aliphatic rings. The summed E-state index contributed by atoms with van der Waals surface area (Å²) in [7, 11) is 1.70. The number of nitrogens with one attached hydrogen (secondary N) is 1. The molecule has 6 heteroatoms. The van der Waals surface area contributed by atoms with Gasteiger partial charge in [0.15, 0.2) is 0 Å². The molecule has 0 unspecified atom stereocenters. The average Bonchev–Trinajstić information content (AvgIpc) is 2.88. The number of aryl methyl sites for hydroxylation is 1. The number of nitrogens with zero attached hydrogens (tertiary/aromatic N) is 4. The van der Waals surface area contributed by atoms with Crippen LogP contribution in [0.1, 0.15) is 84.4 Å². The van der Waals surface area contributed by atoms with E-state index >= 15 is 4.39 Å². The first-order valence-electron chi connectivity index (χ1n) is 13.1. The summed E-state index contributed by atoms with van der Waals surface area (Å²) >= 11 is 0. The van der Waals surface area contributed by atoms with Crippen LogP contribution in [0.2, 0.25) is 0 Å². The maximum atomic E-state index is 15.1. The van der Waals surface area contributed by atoms with Crippen LogP contribution in [0, 0.1) is 5.82 Å². The van der Waals surface area contributed by atoms with Crippen LogP contribution in [0.15, 0.2) is 46.1 Å². The van der Waals surface area contributed by atoms with Crippen LogP contribution in [0.4, 0.5) is 4.39 Å². The van der Waals surface area contributed by atoms with E-state index in [1.54, 1.807) is 25.4 Å². The molecule has 0 aliphatic carbocycles. The highest BCUT2D eigenvalue weighted by Gasteiger charge is 2.15. The molecule has 0 saturated carbocycles. The third-order valence-corrected chi connectivity index (χ3v) is 5.06. The van der Waals surface area contributed by atoms with E-state index in [-0.39, 0.29) is 5.82 Å². The molecule has 196 valence electrons. The summed E-state index contributed by atoms with van der Waals surface area (Å²) in [5.41, 5.74) is 3.73. The Bertz CT molecular complexity index is 862. The monoisotopic (exact) mass is 485 g/mol. The van der Waals surface area contributed by atoms with E-state index in [4.69, 9.17) is 0 Å². The molecule has 0 spiro atoms. The Morgan fingerprint density at radius 3 is 2.23 bits per heavy atom. The summed E-state index contributed by atoms with van der Waals surface area (Å²) in [5, 5.41) is 12.2. The second-order valence-corrected chi connectivity index (χ2v) is 7.97. The number of amidine groups is 1. The Labute approximate surface area is 214 Å². The van der Waals surface area contributed by atoms with Crippen LogP contribution in [0.25, 0.3) is 5.57 Å². The summed E-state index contributed by atoms with van der Waals surface area (Å²) in [4.78, 5) is 6.29. The molecule has 35 heavy (non-hydrogen) atoms. The van der Waals surface area contributed by atoms with Gasteiger partial charge < -0.3 is 10.2 Å². The van der Waals surface area contributed by atoms with E-state index in [0.717, 1.165) is 68.0 Å². The van der Waals surface area contributed by atoms with Crippen molar-refractivity contribution in [2.45, 2.75) is 74.1 Å². The van der Waals surface area contributed by atoms with Crippen LogP contribution in [-0.2, 0) is 6.42 Å². The van der Waals surface area contributed by atoms with Gasteiger partial charge in [-0.1, -0.05) is 67.0 Å². The first-order valence-corrected chi connectivity index (χ1v) is 13.1. The number of hydrogen-bond acceptors (Lipinski definition) is 4. The quantitative estimate of drug-likeness (QED) is 0.247. The van der Waals surface area contributed by atoms with Crippen LogP contribution < -0.4 is 5.32 Å². The topological polar surface area (TPSA) is 52.4 Å². The van der Waals surface area contributed by atoms with Crippen molar-refractivity contribution in [3.63, 3.8) is 0 Å². The lowest BCUT2D eigenvalue weighted by atomic mass is 9.93. The van der Waals surface area contributed by atoms with Crippen LogP contribution >= 0.6 is 0 Å². The zero-order chi connectivity index (χ0) is 26.6. The molecule has 1 fully saturated rings. The Morgan fingerprint density at radius 2 is 1.71 bits per heavy atom. The smallest absolute Gasteiger partial charge is 0.131 e. The maximum Gasteiger partial charge on any atom is 0.131 e. The van der Waals surface area contributed by atoms with Crippen molar-refractivity contribution in [3.05, 3.63) is 53.4 Å². The number of hydrogen-bond donors (Lipinski definition) is 1. The fraction of sp³-hybridized carbons (Fsp3) is 0.552. The van der Waals surface area contributed by atoms with Gasteiger partial charge in [-0.05, 0) is 49.1 Å². The van der Waals surface area contributed by atoms with E-state index in [9.17, 15) is 0 Å². The molecule has 0 aromatic heterocycles. The Morgan fingerprint density at radius 1 is 1.09 bits per heavy atom. The van der Waals surface area contributed by atoms with Crippen molar-refractivity contribution in [2.75, 3.05) is 33.2 Å². The number of piperazine rings is 1. The molecule has 1 aliphatic heterocycles. The molecule has 1 saturated heterocycles. The van der Waals surface area contributed by atoms with Crippen molar-refractivity contribution in [3.8, 4) is 0 Å². The van der Waals surface area contributed by atoms with Crippen LogP contribution in [0.5, 0.6) is 0 Å². The summed E-state index contributed by atoms with van der Waals surface area (Å²) in [6.45, 7) is 21.9. The molecular weight excluding hydrogens is 437 g/mol. The molecule has 0 amide bonds. The minimum Gasteiger partial charge on any atom is -0.356 e. The standard InChI is InChI=1S/C24H34FN5.C3H8.C2H6/c1-6-9-19-15-21(20(10-7-2)17-26-5)23(25)16-22(19)24(8-3)29-28-18(4)30-13-11-27-12-14-30;1-3-2;1-2/h8,10,15-17,27H,3,6-7,9,11-14H2,1-2,4-5H3;3H2,1-2H3;1-2H3/b20-10+,26-17?,28-18+,29-24+;;. The van der Waals surface area contributed by atoms with E-state index in [1.807, 2.05) is 39.8 Å². The van der Waals surface area contributed by atoms with Gasteiger partial charge in [-0.3, -0.25) is 4.99 Å². The predicted molar refractivity (Wildman–Crippen MR) is 155 cm³/mol. The van der Waals surface area contributed by atoms with Gasteiger partial charge in [0.2, 0.25) is 0 Å². The highest BCUT2D eigenvalue weighted by Crippen LogP contribution is 2.25. The van der Waals surface area contributed by atoms with Crippen molar-refractivity contribution in [1.82, 2.24) is 10.2 Å². The van der Waals surface area contributed by atoms with Gasteiger partial charge in [-0.2, -0.15) is 0 Å². The van der Waals surface area contributed by atoms with Crippen molar-refractivity contribution < 1.29 is 4.39 Å². The Kier molecular flexibility index (Phi) is 18.2. The molecule has 1 N–H and O–H groups in total. The number of aliphatic imine (C=N–C) groups is 1. The number of allylic oxidation sites excluding steroid dienone is 3. The van der Waals surface area contributed by atoms with Crippen molar-refractivity contribution >= 4 is 23.3 Å². The van der Waals surface area contributed by atoms with Crippen LogP contribution in [0.3, 0.4) is 0 Å². The molecule has 2 rings (SSSR count). The minimum absolute atomic E-state index is 0.290. The lowest BCUT2D eigenvalue weighted by molar-refractivity contribution is 0.355. The van der Waals surface area contributed by atoms with Gasteiger partial charge in [0.1, 0.15) is 11.7 Å². The van der Waals surface area contributed by atoms with E-state index in [0.29, 0.717) is 11.3 Å². The first kappa shape index (κ1) is 32.4. The lowest BCUT2D eigenvalue weighted by Gasteiger charge is -2.28. The van der Waals surface area contributed by atoms with E-state index < -0.39 is 0 Å². The summed E-state index contributed by atoms with van der Waals surface area (Å²) in [6, 6.07) is 3.48. The largest absolute Gasteiger partial charge is 0.356 e. The molecule has 5 nitrogen and oxygen atoms in total. The fourth-order valence-electron chi connectivity index (χ4n) is 3.53. The van der Waals surface area contributed by atoms with Crippen LogP contribution in [-0.4, -0.2) is 55.9 Å². The fourth-order valence-corrected chi connectivity index (χ4v) is 3.53. The molecule has 0 radical (unpaired) electrons. The van der Waals surface area contributed by atoms with Gasteiger partial charge in [0.25, 0.3) is 0 Å². The molecule has 1 aromatic carbocycles. The lowest BCUT2D eigenvalue weighted by Crippen LogP contribution is -2.45. The Hall–Kier alpha value is -2.60. The van der Waals surface area contributed by atoms with Crippen molar-refractivity contribution in [2.24, 2.45) is 15.2 Å². The predicted octanol–water partition coefficient (Wildman–Crippen LogP) is 6.93. The second kappa shape index (κ2) is 19.7. The summed E-state index contributed by atoms with van der Waals surface area (Å²) in [5.74, 6) is 0.569. The normalized spacial score (nSPS) is 14.8. The van der Waals surface area contributed by atoms with E-state index in [2.05, 4.69) is 52.8 Å². The zero-order valence-electron chi connectivity index (χ0n) is 23.4. The van der Waals surface area contributed by atoms with Gasteiger partial charge >= 0.3 is 0 Å². The molecule has 1 heterocycles. The highest BCUT2D eigenvalue weighted by molar-refractivity contribution is 6.12. The van der Waals surface area contributed by atoms with Gasteiger partial charge in [0.05, 0.1) is 5.71 Å². The van der Waals surface area contributed by atoms with Gasteiger partial charge in [-0.25, -0.2) is 4.39 Å². The summed E-state index contributed by atoms with van der Waals surface area (Å²) in [6.07, 6.45) is 9.17. The SMILES string of the molecule is C=C/C(=N\N=C(/C)N1CCNCC1)c1cc(F)c(/C(C=NC)=C/CC)cc1CCC.CC.CCC. The summed E-state index contributed by atoms with van der Waals surface area (Å²) < 4.78 is 15.1. The number of benzene rings is 1. The molecule has 0 bridgehead atoms. The van der Waals surface area contributed by atoms with Gasteiger partial charge in [-0.15, -0.1) is 10.2 Å². The van der Waals surface area contributed by atoms with E-state index in [1.165, 1.54) is 6.42 Å². The molecular formula is C29H48FN5.